The summed E-state index contributed by atoms with van der Waals surface area (Å²) in [6, 6.07) is 3.17. The Labute approximate surface area is 127 Å². The van der Waals surface area contributed by atoms with Crippen molar-refractivity contribution in [3.05, 3.63) is 18.3 Å². The first-order chi connectivity index (χ1) is 10.0. The second-order valence-electron chi connectivity index (χ2n) is 4.68. The van der Waals surface area contributed by atoms with Gasteiger partial charge in [-0.05, 0) is 25.0 Å². The lowest BCUT2D eigenvalue weighted by molar-refractivity contribution is 0.163. The molecule has 0 unspecified atom stereocenters. The molecule has 0 atom stereocenters. The molecule has 0 aromatic carbocycles. The van der Waals surface area contributed by atoms with Crippen LogP contribution in [0.25, 0.3) is 0 Å². The largest absolute Gasteiger partial charge is 0.383 e. The molecule has 21 heavy (non-hydrogen) atoms. The number of hydrogen-bond donors (Lipinski definition) is 1. The van der Waals surface area contributed by atoms with Crippen molar-refractivity contribution in [2.45, 2.75) is 37.6 Å². The first kappa shape index (κ1) is 17.9. The van der Waals surface area contributed by atoms with E-state index in [2.05, 4.69) is 10.3 Å². The van der Waals surface area contributed by atoms with Gasteiger partial charge in [-0.25, -0.2) is 13.4 Å². The first-order valence-corrected chi connectivity index (χ1v) is 8.60. The van der Waals surface area contributed by atoms with E-state index in [9.17, 15) is 8.42 Å². The molecule has 1 N–H and O–H groups in total. The van der Waals surface area contributed by atoms with E-state index in [-0.39, 0.29) is 10.9 Å². The van der Waals surface area contributed by atoms with Crippen molar-refractivity contribution in [2.75, 3.05) is 32.6 Å². The van der Waals surface area contributed by atoms with E-state index in [0.29, 0.717) is 19.0 Å². The molecule has 7 heteroatoms. The van der Waals surface area contributed by atoms with Gasteiger partial charge in [0.15, 0.2) is 0 Å². The van der Waals surface area contributed by atoms with E-state index in [1.54, 1.807) is 32.5 Å². The van der Waals surface area contributed by atoms with Crippen LogP contribution in [0.3, 0.4) is 0 Å². The number of aromatic nitrogens is 1. The van der Waals surface area contributed by atoms with Gasteiger partial charge < -0.3 is 10.1 Å². The topological polar surface area (TPSA) is 71.5 Å². The number of hydrogen-bond acceptors (Lipinski definition) is 5. The van der Waals surface area contributed by atoms with E-state index < -0.39 is 10.0 Å². The molecule has 1 rings (SSSR count). The summed E-state index contributed by atoms with van der Waals surface area (Å²) in [5, 5.41) is 2.84. The third-order valence-electron chi connectivity index (χ3n) is 3.46. The van der Waals surface area contributed by atoms with Gasteiger partial charge in [-0.15, -0.1) is 0 Å². The summed E-state index contributed by atoms with van der Waals surface area (Å²) in [5.41, 5.74) is 0. The molecule has 0 saturated carbocycles. The van der Waals surface area contributed by atoms with Crippen LogP contribution < -0.4 is 5.32 Å². The second kappa shape index (κ2) is 8.31. The van der Waals surface area contributed by atoms with Gasteiger partial charge in [-0.1, -0.05) is 13.8 Å². The predicted molar refractivity (Wildman–Crippen MR) is 83.9 cm³/mol. The number of nitrogens with zero attached hydrogens (tertiary/aromatic N) is 2. The molecule has 0 aliphatic rings. The maximum atomic E-state index is 13.0. The second-order valence-corrected chi connectivity index (χ2v) is 6.54. The van der Waals surface area contributed by atoms with Crippen molar-refractivity contribution in [3.63, 3.8) is 0 Å². The minimum absolute atomic E-state index is 0.0462. The van der Waals surface area contributed by atoms with Crippen molar-refractivity contribution in [1.29, 1.82) is 0 Å². The lowest BCUT2D eigenvalue weighted by Crippen LogP contribution is -2.42. The van der Waals surface area contributed by atoms with Gasteiger partial charge in [0.05, 0.1) is 6.61 Å². The molecule has 0 spiro atoms. The fourth-order valence-corrected chi connectivity index (χ4v) is 4.20. The van der Waals surface area contributed by atoms with Crippen LogP contribution in [0.2, 0.25) is 0 Å². The van der Waals surface area contributed by atoms with Crippen LogP contribution in [-0.2, 0) is 14.8 Å². The normalized spacial score (nSPS) is 12.1. The zero-order valence-corrected chi connectivity index (χ0v) is 14.0. The highest BCUT2D eigenvalue weighted by atomic mass is 32.2. The summed E-state index contributed by atoms with van der Waals surface area (Å²) >= 11 is 0. The molecule has 0 radical (unpaired) electrons. The average molecular weight is 315 g/mol. The maximum Gasteiger partial charge on any atom is 0.247 e. The Bertz CT molecular complexity index is 530. The molecular formula is C14H25N3O3S. The van der Waals surface area contributed by atoms with Crippen LogP contribution in [0, 0.1) is 0 Å². The summed E-state index contributed by atoms with van der Waals surface area (Å²) in [5.74, 6) is 0.367. The number of methoxy groups -OCH3 is 1. The molecule has 0 saturated heterocycles. The van der Waals surface area contributed by atoms with Gasteiger partial charge in [0, 0.05) is 32.9 Å². The molecule has 1 heterocycles. The van der Waals surface area contributed by atoms with Crippen molar-refractivity contribution in [2.24, 2.45) is 0 Å². The minimum Gasteiger partial charge on any atom is -0.383 e. The van der Waals surface area contributed by atoms with Crippen LogP contribution in [0.5, 0.6) is 0 Å². The van der Waals surface area contributed by atoms with Crippen LogP contribution in [0.4, 0.5) is 5.82 Å². The van der Waals surface area contributed by atoms with E-state index in [1.165, 1.54) is 4.31 Å². The van der Waals surface area contributed by atoms with Crippen LogP contribution in [-0.4, -0.2) is 51.1 Å². The fraction of sp³-hybridized carbons (Fsp3) is 0.643. The monoisotopic (exact) mass is 315 g/mol. The van der Waals surface area contributed by atoms with Gasteiger partial charge in [0.1, 0.15) is 10.7 Å². The SMILES string of the molecule is CCC(CC)N(CCOC)S(=O)(=O)c1cccnc1NC. The summed E-state index contributed by atoms with van der Waals surface area (Å²) < 4.78 is 32.5. The molecule has 0 aliphatic carbocycles. The zero-order valence-electron chi connectivity index (χ0n) is 13.2. The average Bonchev–Trinajstić information content (AvgIpc) is 2.51. The Morgan fingerprint density at radius 3 is 2.57 bits per heavy atom. The molecule has 0 bridgehead atoms. The summed E-state index contributed by atoms with van der Waals surface area (Å²) in [4.78, 5) is 4.29. The fourth-order valence-electron chi connectivity index (χ4n) is 2.29. The number of anilines is 1. The highest BCUT2D eigenvalue weighted by Gasteiger charge is 2.31. The Morgan fingerprint density at radius 1 is 1.38 bits per heavy atom. The maximum absolute atomic E-state index is 13.0. The van der Waals surface area contributed by atoms with Gasteiger partial charge in [0.2, 0.25) is 10.0 Å². The number of ether oxygens (including phenoxy) is 1. The molecule has 0 aliphatic heterocycles. The van der Waals surface area contributed by atoms with Crippen molar-refractivity contribution < 1.29 is 13.2 Å². The Morgan fingerprint density at radius 2 is 2.05 bits per heavy atom. The van der Waals surface area contributed by atoms with Gasteiger partial charge in [-0.3, -0.25) is 0 Å². The highest BCUT2D eigenvalue weighted by molar-refractivity contribution is 7.89. The third-order valence-corrected chi connectivity index (χ3v) is 5.44. The van der Waals surface area contributed by atoms with Crippen molar-refractivity contribution in [1.82, 2.24) is 9.29 Å². The summed E-state index contributed by atoms with van der Waals surface area (Å²) in [7, 11) is -0.376. The number of pyridine rings is 1. The molecule has 1 aromatic heterocycles. The van der Waals surface area contributed by atoms with Crippen molar-refractivity contribution in [3.8, 4) is 0 Å². The Balaban J connectivity index is 3.25. The molecular weight excluding hydrogens is 290 g/mol. The number of nitrogens with one attached hydrogen (secondary N) is 1. The number of sulfonamides is 1. The van der Waals surface area contributed by atoms with Crippen LogP contribution >= 0.6 is 0 Å². The molecule has 1 aromatic rings. The summed E-state index contributed by atoms with van der Waals surface area (Å²) in [6.45, 7) is 4.69. The van der Waals surface area contributed by atoms with E-state index in [4.69, 9.17) is 4.74 Å². The minimum atomic E-state index is -3.61. The lowest BCUT2D eigenvalue weighted by Gasteiger charge is -2.29. The Kier molecular flexibility index (Phi) is 7.07. The van der Waals surface area contributed by atoms with Crippen molar-refractivity contribution >= 4 is 15.8 Å². The van der Waals surface area contributed by atoms with E-state index in [0.717, 1.165) is 12.8 Å². The molecule has 120 valence electrons. The third kappa shape index (κ3) is 4.15. The van der Waals surface area contributed by atoms with Gasteiger partial charge in [0.25, 0.3) is 0 Å². The lowest BCUT2D eigenvalue weighted by atomic mass is 10.2. The number of rotatable bonds is 9. The highest BCUT2D eigenvalue weighted by Crippen LogP contribution is 2.25. The van der Waals surface area contributed by atoms with Gasteiger partial charge in [-0.2, -0.15) is 4.31 Å². The molecule has 0 amide bonds. The first-order valence-electron chi connectivity index (χ1n) is 7.16. The quantitative estimate of drug-likeness (QED) is 0.754. The van der Waals surface area contributed by atoms with E-state index >= 15 is 0 Å². The molecule has 0 fully saturated rings. The van der Waals surface area contributed by atoms with Crippen LogP contribution in [0.1, 0.15) is 26.7 Å². The smallest absolute Gasteiger partial charge is 0.247 e. The van der Waals surface area contributed by atoms with E-state index in [1.807, 2.05) is 13.8 Å². The van der Waals surface area contributed by atoms with Crippen LogP contribution in [0.15, 0.2) is 23.2 Å². The molecule has 6 nitrogen and oxygen atoms in total. The Hall–Kier alpha value is -1.18. The summed E-state index contributed by atoms with van der Waals surface area (Å²) in [6.07, 6.45) is 3.09. The standard InChI is InChI=1S/C14H25N3O3S/c1-5-12(6-2)17(10-11-20-4)21(18,19)13-8-7-9-16-14(13)15-3/h7-9,12H,5-6,10-11H2,1-4H3,(H,15,16). The predicted octanol–water partition coefficient (Wildman–Crippen LogP) is 1.95. The van der Waals surface area contributed by atoms with Gasteiger partial charge >= 0.3 is 0 Å². The zero-order chi connectivity index (χ0) is 15.9.